The van der Waals surface area contributed by atoms with E-state index in [1.807, 2.05) is 0 Å². The minimum absolute atomic E-state index is 0.542. The Labute approximate surface area is 107 Å². The van der Waals surface area contributed by atoms with Gasteiger partial charge in [0.2, 0.25) is 0 Å². The largest absolute Gasteiger partial charge is 0.383 e. The zero-order valence-corrected chi connectivity index (χ0v) is 12.0. The highest BCUT2D eigenvalue weighted by Crippen LogP contribution is 2.14. The lowest BCUT2D eigenvalue weighted by Gasteiger charge is -2.36. The van der Waals surface area contributed by atoms with E-state index in [0.29, 0.717) is 18.1 Å². The van der Waals surface area contributed by atoms with Gasteiger partial charge in [-0.1, -0.05) is 13.3 Å². The maximum Gasteiger partial charge on any atom is 0.0615 e. The van der Waals surface area contributed by atoms with Gasteiger partial charge < -0.3 is 15.0 Å². The summed E-state index contributed by atoms with van der Waals surface area (Å²) < 4.78 is 5.28. The fourth-order valence-corrected chi connectivity index (χ4v) is 2.68. The molecule has 0 bridgehead atoms. The van der Waals surface area contributed by atoms with E-state index in [-0.39, 0.29) is 0 Å². The lowest BCUT2D eigenvalue weighted by atomic mass is 10.0. The molecule has 1 atom stereocenters. The van der Waals surface area contributed by atoms with Crippen molar-refractivity contribution >= 4 is 0 Å². The van der Waals surface area contributed by atoms with Crippen LogP contribution in [0.25, 0.3) is 0 Å². The molecule has 1 rings (SSSR count). The molecule has 0 aliphatic carbocycles. The summed E-state index contributed by atoms with van der Waals surface area (Å²) in [6, 6.07) is 1.93. The Hall–Kier alpha value is -0.120. The molecule has 17 heavy (non-hydrogen) atoms. The molecule has 1 aliphatic rings. The van der Waals surface area contributed by atoms with Crippen molar-refractivity contribution in [3.05, 3.63) is 0 Å². The molecule has 0 aromatic rings. The van der Waals surface area contributed by atoms with Gasteiger partial charge in [0.25, 0.3) is 0 Å². The smallest absolute Gasteiger partial charge is 0.0615 e. The van der Waals surface area contributed by atoms with Crippen molar-refractivity contribution in [1.82, 2.24) is 10.2 Å². The molecule has 3 heteroatoms. The quantitative estimate of drug-likeness (QED) is 0.741. The van der Waals surface area contributed by atoms with Crippen molar-refractivity contribution in [3.63, 3.8) is 0 Å². The number of methoxy groups -OCH3 is 1. The van der Waals surface area contributed by atoms with Crippen molar-refractivity contribution < 1.29 is 4.74 Å². The van der Waals surface area contributed by atoms with Crippen molar-refractivity contribution in [2.75, 3.05) is 26.8 Å². The van der Waals surface area contributed by atoms with Crippen LogP contribution in [0.5, 0.6) is 0 Å². The summed E-state index contributed by atoms with van der Waals surface area (Å²) >= 11 is 0. The van der Waals surface area contributed by atoms with Crippen molar-refractivity contribution in [3.8, 4) is 0 Å². The van der Waals surface area contributed by atoms with Crippen LogP contribution in [-0.4, -0.2) is 49.8 Å². The van der Waals surface area contributed by atoms with Gasteiger partial charge in [0.1, 0.15) is 0 Å². The van der Waals surface area contributed by atoms with Crippen LogP contribution >= 0.6 is 0 Å². The lowest BCUT2D eigenvalue weighted by molar-refractivity contribution is 0.127. The summed E-state index contributed by atoms with van der Waals surface area (Å²) in [6.07, 6.45) is 5.01. The van der Waals surface area contributed by atoms with Crippen molar-refractivity contribution in [2.24, 2.45) is 0 Å². The molecule has 102 valence electrons. The third-order valence-corrected chi connectivity index (χ3v) is 3.74. The van der Waals surface area contributed by atoms with Gasteiger partial charge in [-0.2, -0.15) is 0 Å². The Kier molecular flexibility index (Phi) is 7.09. The third kappa shape index (κ3) is 5.36. The number of hydrogen-bond acceptors (Lipinski definition) is 3. The van der Waals surface area contributed by atoms with E-state index in [4.69, 9.17) is 4.74 Å². The first kappa shape index (κ1) is 14.9. The van der Waals surface area contributed by atoms with Gasteiger partial charge in [-0.3, -0.25) is 0 Å². The minimum atomic E-state index is 0.542. The third-order valence-electron chi connectivity index (χ3n) is 3.74. The predicted octanol–water partition coefficient (Wildman–Crippen LogP) is 2.26. The Morgan fingerprint density at radius 2 is 1.94 bits per heavy atom. The number of hydrogen-bond donors (Lipinski definition) is 1. The van der Waals surface area contributed by atoms with Gasteiger partial charge in [-0.05, 0) is 46.2 Å². The Morgan fingerprint density at radius 3 is 2.41 bits per heavy atom. The Bertz CT molecular complexity index is 183. The first-order chi connectivity index (χ1) is 8.17. The van der Waals surface area contributed by atoms with E-state index in [1.165, 1.54) is 38.8 Å². The van der Waals surface area contributed by atoms with Crippen LogP contribution in [-0.2, 0) is 4.74 Å². The number of nitrogens with one attached hydrogen (secondary N) is 1. The normalized spacial score (nSPS) is 21.0. The van der Waals surface area contributed by atoms with Gasteiger partial charge in [0, 0.05) is 25.2 Å². The summed E-state index contributed by atoms with van der Waals surface area (Å²) in [6.45, 7) is 10.1. The molecular weight excluding hydrogens is 212 g/mol. The van der Waals surface area contributed by atoms with Gasteiger partial charge in [0.15, 0.2) is 0 Å². The van der Waals surface area contributed by atoms with Crippen LogP contribution in [0, 0.1) is 0 Å². The molecule has 0 radical (unpaired) electrons. The summed E-state index contributed by atoms with van der Waals surface area (Å²) in [5.41, 5.74) is 0. The highest BCUT2D eigenvalue weighted by atomic mass is 16.5. The van der Waals surface area contributed by atoms with Crippen LogP contribution in [0.3, 0.4) is 0 Å². The van der Waals surface area contributed by atoms with Crippen LogP contribution in [0.1, 0.15) is 46.5 Å². The topological polar surface area (TPSA) is 24.5 Å². The predicted molar refractivity (Wildman–Crippen MR) is 73.4 cm³/mol. The number of rotatable bonds is 7. The van der Waals surface area contributed by atoms with Crippen LogP contribution in [0.2, 0.25) is 0 Å². The highest BCUT2D eigenvalue weighted by molar-refractivity contribution is 4.81. The monoisotopic (exact) mass is 242 g/mol. The van der Waals surface area contributed by atoms with E-state index in [9.17, 15) is 0 Å². The Morgan fingerprint density at radius 1 is 1.29 bits per heavy atom. The second-order valence-corrected chi connectivity index (χ2v) is 5.51. The van der Waals surface area contributed by atoms with E-state index in [2.05, 4.69) is 31.0 Å². The van der Waals surface area contributed by atoms with Crippen LogP contribution in [0.15, 0.2) is 0 Å². The molecule has 0 aromatic heterocycles. The van der Waals surface area contributed by atoms with Crippen LogP contribution in [0.4, 0.5) is 0 Å². The molecule has 1 fully saturated rings. The summed E-state index contributed by atoms with van der Waals surface area (Å²) in [4.78, 5) is 2.57. The van der Waals surface area contributed by atoms with Gasteiger partial charge >= 0.3 is 0 Å². The van der Waals surface area contributed by atoms with Gasteiger partial charge in [-0.25, -0.2) is 0 Å². The molecular formula is C14H30N2O. The molecule has 1 heterocycles. The summed E-state index contributed by atoms with van der Waals surface area (Å²) in [7, 11) is 1.80. The zero-order chi connectivity index (χ0) is 12.7. The van der Waals surface area contributed by atoms with E-state index in [1.54, 1.807) is 7.11 Å². The number of likely N-dealkylation sites (tertiary alicyclic amines) is 1. The number of ether oxygens (including phenoxy) is 1. The van der Waals surface area contributed by atoms with Crippen molar-refractivity contribution in [1.29, 1.82) is 0 Å². The molecule has 1 saturated heterocycles. The van der Waals surface area contributed by atoms with E-state index in [0.717, 1.165) is 6.61 Å². The molecule has 3 nitrogen and oxygen atoms in total. The maximum absolute atomic E-state index is 5.28. The van der Waals surface area contributed by atoms with E-state index >= 15 is 0 Å². The second-order valence-electron chi connectivity index (χ2n) is 5.51. The molecule has 0 aromatic carbocycles. The lowest BCUT2D eigenvalue weighted by Crippen LogP contribution is -2.48. The second kappa shape index (κ2) is 8.06. The number of nitrogens with zero attached hydrogens (tertiary/aromatic N) is 1. The molecule has 0 saturated carbocycles. The molecule has 0 amide bonds. The molecule has 1 unspecified atom stereocenters. The first-order valence-electron chi connectivity index (χ1n) is 7.16. The highest BCUT2D eigenvalue weighted by Gasteiger charge is 2.22. The fraction of sp³-hybridized carbons (Fsp3) is 1.00. The molecule has 1 N–H and O–H groups in total. The minimum Gasteiger partial charge on any atom is -0.383 e. The van der Waals surface area contributed by atoms with E-state index < -0.39 is 0 Å². The summed E-state index contributed by atoms with van der Waals surface area (Å²) in [5.74, 6) is 0. The molecule has 0 spiro atoms. The van der Waals surface area contributed by atoms with Crippen LogP contribution < -0.4 is 5.32 Å². The SMILES string of the molecule is CCCC(COC)NC1CCN(C(C)C)CC1. The maximum atomic E-state index is 5.28. The fourth-order valence-electron chi connectivity index (χ4n) is 2.68. The standard InChI is InChI=1S/C14H30N2O/c1-5-6-14(11-17-4)15-13-7-9-16(10-8-13)12(2)3/h12-15H,5-11H2,1-4H3. The average Bonchev–Trinajstić information content (AvgIpc) is 2.30. The van der Waals surface area contributed by atoms with Crippen molar-refractivity contribution in [2.45, 2.75) is 64.6 Å². The molecule has 1 aliphatic heterocycles. The Balaban J connectivity index is 2.27. The first-order valence-corrected chi connectivity index (χ1v) is 7.16. The number of piperidine rings is 1. The summed E-state index contributed by atoms with van der Waals surface area (Å²) in [5, 5.41) is 3.77. The average molecular weight is 242 g/mol. The van der Waals surface area contributed by atoms with Gasteiger partial charge in [0.05, 0.1) is 6.61 Å². The van der Waals surface area contributed by atoms with Gasteiger partial charge in [-0.15, -0.1) is 0 Å². The zero-order valence-electron chi connectivity index (χ0n) is 12.0.